The Morgan fingerprint density at radius 2 is 0.649 bits per heavy atom. The van der Waals surface area contributed by atoms with Crippen LogP contribution in [0.4, 0.5) is 0 Å². The zero-order valence-electron chi connectivity index (χ0n) is 37.6. The third-order valence-corrected chi connectivity index (χ3v) is 10.3. The number of allylic oxidation sites excluding steroid dienone is 8. The molecule has 0 N–H and O–H groups in total. The predicted octanol–water partition coefficient (Wildman–Crippen LogP) is 15.5. The van der Waals surface area contributed by atoms with E-state index in [1.165, 1.54) is 122 Å². The molecule has 6 heteroatoms. The summed E-state index contributed by atoms with van der Waals surface area (Å²) in [5.74, 6) is -0.955. The number of hydrogen-bond donors (Lipinski definition) is 0. The van der Waals surface area contributed by atoms with Crippen molar-refractivity contribution in [2.24, 2.45) is 0 Å². The summed E-state index contributed by atoms with van der Waals surface area (Å²) in [5, 5.41) is 0. The van der Waals surface area contributed by atoms with Gasteiger partial charge in [0, 0.05) is 19.3 Å². The number of carbonyl (C=O) groups is 3. The topological polar surface area (TPSA) is 78.9 Å². The van der Waals surface area contributed by atoms with Gasteiger partial charge in [-0.3, -0.25) is 14.4 Å². The quantitative estimate of drug-likeness (QED) is 0.0265. The fraction of sp³-hybridized carbons (Fsp3) is 0.784. The Labute approximate surface area is 352 Å². The monoisotopic (exact) mass is 799 g/mol. The highest BCUT2D eigenvalue weighted by molar-refractivity contribution is 5.71. The van der Waals surface area contributed by atoms with Gasteiger partial charge in [-0.25, -0.2) is 0 Å². The van der Waals surface area contributed by atoms with Crippen LogP contribution in [0.2, 0.25) is 0 Å². The minimum Gasteiger partial charge on any atom is -0.462 e. The molecule has 1 unspecified atom stereocenters. The van der Waals surface area contributed by atoms with E-state index in [-0.39, 0.29) is 37.5 Å². The molecule has 1 atom stereocenters. The van der Waals surface area contributed by atoms with Gasteiger partial charge in [0.2, 0.25) is 0 Å². The molecule has 0 heterocycles. The average Bonchev–Trinajstić information content (AvgIpc) is 3.21. The lowest BCUT2D eigenvalue weighted by Gasteiger charge is -2.18. The third kappa shape index (κ3) is 44.3. The SMILES string of the molecule is CCCCC/C=C\CCCCCCCC(=O)OC(COC(=O)CCC/C=C\C/C=C\C/C=C\CCCCCCCC)COC(=O)CCCCCCCCCCCC. The first kappa shape index (κ1) is 54.4. The lowest BCUT2D eigenvalue weighted by atomic mass is 10.1. The van der Waals surface area contributed by atoms with Crippen LogP contribution in [0, 0.1) is 0 Å². The smallest absolute Gasteiger partial charge is 0.306 e. The fourth-order valence-corrected chi connectivity index (χ4v) is 6.63. The van der Waals surface area contributed by atoms with E-state index in [9.17, 15) is 14.4 Å². The van der Waals surface area contributed by atoms with E-state index in [4.69, 9.17) is 14.2 Å². The summed E-state index contributed by atoms with van der Waals surface area (Å²) < 4.78 is 16.7. The number of ether oxygens (including phenoxy) is 3. The minimum atomic E-state index is -0.792. The van der Waals surface area contributed by atoms with Crippen LogP contribution in [0.25, 0.3) is 0 Å². The molecule has 0 aliphatic rings. The normalized spacial score (nSPS) is 12.4. The Morgan fingerprint density at radius 3 is 1.11 bits per heavy atom. The fourth-order valence-electron chi connectivity index (χ4n) is 6.63. The van der Waals surface area contributed by atoms with Gasteiger partial charge in [-0.05, 0) is 77.0 Å². The first-order chi connectivity index (χ1) is 28.0. The molecule has 0 aromatic heterocycles. The molecule has 0 bridgehead atoms. The van der Waals surface area contributed by atoms with Gasteiger partial charge in [0.05, 0.1) is 0 Å². The zero-order valence-corrected chi connectivity index (χ0v) is 37.6. The van der Waals surface area contributed by atoms with Gasteiger partial charge < -0.3 is 14.2 Å². The van der Waals surface area contributed by atoms with Crippen molar-refractivity contribution in [3.8, 4) is 0 Å². The van der Waals surface area contributed by atoms with Gasteiger partial charge in [-0.15, -0.1) is 0 Å². The summed E-state index contributed by atoms with van der Waals surface area (Å²) >= 11 is 0. The highest BCUT2D eigenvalue weighted by Crippen LogP contribution is 2.14. The molecule has 6 nitrogen and oxygen atoms in total. The van der Waals surface area contributed by atoms with Crippen LogP contribution in [0.5, 0.6) is 0 Å². The molecule has 0 aromatic rings. The maximum absolute atomic E-state index is 12.7. The van der Waals surface area contributed by atoms with E-state index < -0.39 is 6.10 Å². The standard InChI is InChI=1S/C51H90O6/c1-4-7-10-13-16-19-22-24-25-26-27-28-30-32-35-38-41-44-50(53)56-47-48(46-55-49(52)43-40-37-34-31-21-18-15-12-9-6-3)57-51(54)45-42-39-36-33-29-23-20-17-14-11-8-5-2/h17,20,24-25,27-28,32,35,48H,4-16,18-19,21-23,26,29-31,33-34,36-47H2,1-3H3/b20-17-,25-24-,28-27-,35-32-. The van der Waals surface area contributed by atoms with Gasteiger partial charge in [-0.2, -0.15) is 0 Å². The number of carbonyl (C=O) groups excluding carboxylic acids is 3. The van der Waals surface area contributed by atoms with Crippen LogP contribution in [0.1, 0.15) is 239 Å². The maximum Gasteiger partial charge on any atom is 0.306 e. The molecule has 0 aromatic carbocycles. The molecule has 0 rings (SSSR count). The van der Waals surface area contributed by atoms with Gasteiger partial charge in [0.15, 0.2) is 6.10 Å². The van der Waals surface area contributed by atoms with Crippen LogP contribution in [0.3, 0.4) is 0 Å². The van der Waals surface area contributed by atoms with Crippen molar-refractivity contribution in [2.75, 3.05) is 13.2 Å². The lowest BCUT2D eigenvalue weighted by Crippen LogP contribution is -2.30. The van der Waals surface area contributed by atoms with Crippen LogP contribution in [0.15, 0.2) is 48.6 Å². The molecule has 57 heavy (non-hydrogen) atoms. The average molecular weight is 799 g/mol. The zero-order chi connectivity index (χ0) is 41.5. The molecule has 0 aliphatic heterocycles. The number of unbranched alkanes of at least 4 members (excludes halogenated alkanes) is 24. The van der Waals surface area contributed by atoms with Gasteiger partial charge in [-0.1, -0.05) is 191 Å². The summed E-state index contributed by atoms with van der Waals surface area (Å²) in [6.45, 7) is 6.54. The van der Waals surface area contributed by atoms with E-state index in [1.807, 2.05) is 0 Å². The van der Waals surface area contributed by atoms with E-state index >= 15 is 0 Å². The second kappa shape index (κ2) is 46.1. The van der Waals surface area contributed by atoms with Crippen molar-refractivity contribution < 1.29 is 28.6 Å². The van der Waals surface area contributed by atoms with Gasteiger partial charge in [0.1, 0.15) is 13.2 Å². The Balaban J connectivity index is 4.43. The molecule has 0 saturated heterocycles. The first-order valence-electron chi connectivity index (χ1n) is 24.1. The highest BCUT2D eigenvalue weighted by atomic mass is 16.6. The first-order valence-corrected chi connectivity index (χ1v) is 24.1. The van der Waals surface area contributed by atoms with Crippen molar-refractivity contribution in [3.63, 3.8) is 0 Å². The van der Waals surface area contributed by atoms with Crippen LogP contribution < -0.4 is 0 Å². The summed E-state index contributed by atoms with van der Waals surface area (Å²) in [6.07, 6.45) is 53.8. The lowest BCUT2D eigenvalue weighted by molar-refractivity contribution is -0.167. The van der Waals surface area contributed by atoms with Crippen LogP contribution >= 0.6 is 0 Å². The summed E-state index contributed by atoms with van der Waals surface area (Å²) in [7, 11) is 0. The molecule has 0 radical (unpaired) electrons. The van der Waals surface area contributed by atoms with E-state index in [0.29, 0.717) is 19.3 Å². The van der Waals surface area contributed by atoms with Crippen molar-refractivity contribution >= 4 is 17.9 Å². The molecule has 0 amide bonds. The third-order valence-electron chi connectivity index (χ3n) is 10.3. The predicted molar refractivity (Wildman–Crippen MR) is 242 cm³/mol. The van der Waals surface area contributed by atoms with Crippen molar-refractivity contribution in [3.05, 3.63) is 48.6 Å². The van der Waals surface area contributed by atoms with E-state index in [1.54, 1.807) is 0 Å². The Kier molecular flexibility index (Phi) is 43.9. The maximum atomic E-state index is 12.7. The summed E-state index contributed by atoms with van der Waals surface area (Å²) in [5.41, 5.74) is 0. The van der Waals surface area contributed by atoms with Crippen LogP contribution in [-0.4, -0.2) is 37.2 Å². The number of rotatable bonds is 43. The second-order valence-corrected chi connectivity index (χ2v) is 16.0. The number of hydrogen-bond acceptors (Lipinski definition) is 6. The van der Waals surface area contributed by atoms with Crippen molar-refractivity contribution in [2.45, 2.75) is 245 Å². The minimum absolute atomic E-state index is 0.0905. The summed E-state index contributed by atoms with van der Waals surface area (Å²) in [4.78, 5) is 37.7. The van der Waals surface area contributed by atoms with Gasteiger partial charge in [0.25, 0.3) is 0 Å². The second-order valence-electron chi connectivity index (χ2n) is 16.0. The molecule has 0 spiro atoms. The molecule has 0 fully saturated rings. The molecular formula is C51H90O6. The largest absolute Gasteiger partial charge is 0.462 e. The molecule has 0 aliphatic carbocycles. The Bertz CT molecular complexity index is 1010. The number of esters is 3. The van der Waals surface area contributed by atoms with E-state index in [0.717, 1.165) is 70.6 Å². The molecule has 0 saturated carbocycles. The van der Waals surface area contributed by atoms with E-state index in [2.05, 4.69) is 69.4 Å². The van der Waals surface area contributed by atoms with Gasteiger partial charge >= 0.3 is 17.9 Å². The molecular weight excluding hydrogens is 709 g/mol. The van der Waals surface area contributed by atoms with Crippen molar-refractivity contribution in [1.29, 1.82) is 0 Å². The van der Waals surface area contributed by atoms with Crippen molar-refractivity contribution in [1.82, 2.24) is 0 Å². The Hall–Kier alpha value is -2.63. The van der Waals surface area contributed by atoms with Crippen LogP contribution in [-0.2, 0) is 28.6 Å². The Morgan fingerprint density at radius 1 is 0.351 bits per heavy atom. The molecule has 330 valence electrons. The summed E-state index contributed by atoms with van der Waals surface area (Å²) in [6, 6.07) is 0. The highest BCUT2D eigenvalue weighted by Gasteiger charge is 2.19.